The first-order valence-corrected chi connectivity index (χ1v) is 20.0. The normalized spacial score (nSPS) is 15.2. The molecule has 5 rings (SSSR count). The molecule has 304 valence electrons. The van der Waals surface area contributed by atoms with Gasteiger partial charge in [0.25, 0.3) is 11.6 Å². The van der Waals surface area contributed by atoms with E-state index in [1.807, 2.05) is 49.6 Å². The molecule has 0 bridgehead atoms. The van der Waals surface area contributed by atoms with Gasteiger partial charge in [-0.3, -0.25) is 19.2 Å². The molecule has 0 radical (unpaired) electrons. The van der Waals surface area contributed by atoms with Crippen LogP contribution in [0, 0.1) is 23.5 Å². The van der Waals surface area contributed by atoms with Crippen LogP contribution in [0.15, 0.2) is 66.9 Å². The molecule has 12 heteroatoms. The highest BCUT2D eigenvalue weighted by molar-refractivity contribution is 5.99. The number of halogens is 3. The highest BCUT2D eigenvalue weighted by atomic mass is 127. The molecule has 2 saturated heterocycles. The zero-order valence-corrected chi connectivity index (χ0v) is 35.7. The van der Waals surface area contributed by atoms with E-state index >= 15 is 0 Å². The number of likely N-dealkylation sites (tertiary alicyclic amines) is 2. The van der Waals surface area contributed by atoms with Crippen molar-refractivity contribution in [3.8, 4) is 0 Å². The molecule has 0 saturated carbocycles. The molecular weight excluding hydrogens is 827 g/mol. The molecule has 3 heterocycles. The summed E-state index contributed by atoms with van der Waals surface area (Å²) in [4.78, 5) is 64.0. The van der Waals surface area contributed by atoms with E-state index in [4.69, 9.17) is 0 Å². The van der Waals surface area contributed by atoms with Crippen LogP contribution >= 0.6 is 0 Å². The summed E-state index contributed by atoms with van der Waals surface area (Å²) in [5, 5.41) is 0. The third-order valence-corrected chi connectivity index (χ3v) is 10.9. The van der Waals surface area contributed by atoms with Crippen LogP contribution in [-0.2, 0) is 29.5 Å². The van der Waals surface area contributed by atoms with Crippen LogP contribution in [0.5, 0.6) is 0 Å². The molecule has 0 spiro atoms. The third-order valence-electron chi connectivity index (χ3n) is 10.9. The molecule has 1 aromatic heterocycles. The predicted octanol–water partition coefficient (Wildman–Crippen LogP) is 3.24. The number of carbonyl (C=O) groups is 4. The van der Waals surface area contributed by atoms with Gasteiger partial charge >= 0.3 is 5.91 Å². The first-order chi connectivity index (χ1) is 26.3. The fourth-order valence-electron chi connectivity index (χ4n) is 8.10. The number of hydrogen-bond acceptors (Lipinski definition) is 4. The number of amides is 4. The van der Waals surface area contributed by atoms with Gasteiger partial charge in [0, 0.05) is 45.3 Å². The van der Waals surface area contributed by atoms with E-state index in [0.717, 1.165) is 36.8 Å². The monoisotopic (exact) mass is 885 g/mol. The van der Waals surface area contributed by atoms with E-state index < -0.39 is 12.1 Å². The first kappa shape index (κ1) is 44.8. The van der Waals surface area contributed by atoms with Gasteiger partial charge in [0.1, 0.15) is 36.3 Å². The second kappa shape index (κ2) is 21.0. The first-order valence-electron chi connectivity index (χ1n) is 20.0. The summed E-state index contributed by atoms with van der Waals surface area (Å²) in [6.45, 7) is 11.0. The number of pyridine rings is 1. The second-order valence-corrected chi connectivity index (χ2v) is 15.8. The summed E-state index contributed by atoms with van der Waals surface area (Å²) in [6, 6.07) is 14.7. The Hall–Kier alpha value is -3.94. The maximum absolute atomic E-state index is 14.6. The van der Waals surface area contributed by atoms with Gasteiger partial charge in [0.15, 0.2) is 6.20 Å². The lowest BCUT2D eigenvalue weighted by Gasteiger charge is -2.36. The summed E-state index contributed by atoms with van der Waals surface area (Å²) in [5.74, 6) is -1.76. The lowest BCUT2D eigenvalue weighted by molar-refractivity contribution is -0.673. The minimum Gasteiger partial charge on any atom is -1.00 e. The number of nitrogens with zero attached hydrogens (tertiary/aromatic N) is 5. The van der Waals surface area contributed by atoms with Crippen molar-refractivity contribution in [2.75, 3.05) is 39.3 Å². The van der Waals surface area contributed by atoms with Crippen molar-refractivity contribution in [1.82, 2.24) is 19.6 Å². The van der Waals surface area contributed by atoms with E-state index in [-0.39, 0.29) is 84.2 Å². The summed E-state index contributed by atoms with van der Waals surface area (Å²) in [7, 11) is 1.71. The number of hydrogen-bond donors (Lipinski definition) is 0. The zero-order chi connectivity index (χ0) is 39.6. The maximum atomic E-state index is 14.6. The number of rotatable bonds is 16. The zero-order valence-electron chi connectivity index (χ0n) is 33.6. The average Bonchev–Trinajstić information content (AvgIpc) is 3.89. The summed E-state index contributed by atoms with van der Waals surface area (Å²) >= 11 is 0. The predicted molar refractivity (Wildman–Crippen MR) is 208 cm³/mol. The highest BCUT2D eigenvalue weighted by Crippen LogP contribution is 2.24. The van der Waals surface area contributed by atoms with E-state index in [1.165, 1.54) is 24.3 Å². The molecule has 2 aliphatic heterocycles. The standard InChI is InChI=1S/C44H58F2N5O4.HI/c1-31(2)39(43(54)48-22-6-7-23-48)50(26-12-16-33-14-10-18-36(45)28-33)41(52)35-20-21-38(47(5)30-35)42(53)51(27-13-17-34-15-11-19-37(46)29-34)40(32(3)4)44(55)49-24-8-9-25-49;/h10-11,14-15,18-21,28-32,39-40H,6-9,12-13,16-17,22-27H2,1-5H3;1H/q+1;/p-1/t39-,40-;/m0./s1. The molecule has 4 amide bonds. The molecule has 2 aliphatic rings. The Bertz CT molecular complexity index is 1810. The van der Waals surface area contributed by atoms with E-state index in [9.17, 15) is 28.0 Å². The molecule has 2 atom stereocenters. The molecule has 3 aromatic rings. The van der Waals surface area contributed by atoms with Crippen molar-refractivity contribution >= 4 is 23.6 Å². The Morgan fingerprint density at radius 2 is 1.09 bits per heavy atom. The molecule has 0 N–H and O–H groups in total. The van der Waals surface area contributed by atoms with E-state index in [1.54, 1.807) is 51.9 Å². The molecular formula is C44H58F2IN5O4. The Morgan fingerprint density at radius 1 is 0.661 bits per heavy atom. The highest BCUT2D eigenvalue weighted by Gasteiger charge is 2.40. The maximum Gasteiger partial charge on any atom is 0.319 e. The quantitative estimate of drug-likeness (QED) is 0.164. The van der Waals surface area contributed by atoms with Crippen LogP contribution in [0.4, 0.5) is 8.78 Å². The van der Waals surface area contributed by atoms with Gasteiger partial charge in [0.05, 0.1) is 0 Å². The second-order valence-electron chi connectivity index (χ2n) is 15.8. The summed E-state index contributed by atoms with van der Waals surface area (Å²) < 4.78 is 29.5. The van der Waals surface area contributed by atoms with Crippen molar-refractivity contribution < 1.29 is 56.5 Å². The summed E-state index contributed by atoms with van der Waals surface area (Å²) in [6.07, 6.45) is 7.47. The Balaban J connectivity index is 0.00000696. The van der Waals surface area contributed by atoms with Gasteiger partial charge in [-0.05, 0) is 105 Å². The SMILES string of the molecule is CC(C)[C@@H](C(=O)N1CCCC1)N(CCCc1cccc(F)c1)C(=O)c1ccc(C(=O)N(CCCc2cccc(F)c2)[C@H](C(=O)N2CCCC2)C(C)C)[n+](C)c1.[I-]. The van der Waals surface area contributed by atoms with Crippen molar-refractivity contribution in [2.24, 2.45) is 18.9 Å². The Kier molecular flexibility index (Phi) is 16.8. The fraction of sp³-hybridized carbons (Fsp3) is 0.523. The van der Waals surface area contributed by atoms with Gasteiger partial charge in [-0.15, -0.1) is 0 Å². The molecule has 2 fully saturated rings. The van der Waals surface area contributed by atoms with Crippen LogP contribution in [0.1, 0.15) is 98.2 Å². The van der Waals surface area contributed by atoms with E-state index in [2.05, 4.69) is 0 Å². The molecule has 9 nitrogen and oxygen atoms in total. The van der Waals surface area contributed by atoms with Crippen molar-refractivity contribution in [3.63, 3.8) is 0 Å². The van der Waals surface area contributed by atoms with Crippen molar-refractivity contribution in [1.29, 1.82) is 0 Å². The van der Waals surface area contributed by atoms with Crippen LogP contribution < -0.4 is 28.5 Å². The van der Waals surface area contributed by atoms with Crippen LogP contribution in [0.2, 0.25) is 0 Å². The lowest BCUT2D eigenvalue weighted by atomic mass is 9.98. The van der Waals surface area contributed by atoms with Crippen LogP contribution in [0.25, 0.3) is 0 Å². The van der Waals surface area contributed by atoms with Crippen molar-refractivity contribution in [2.45, 2.75) is 91.1 Å². The number of benzene rings is 2. The molecule has 56 heavy (non-hydrogen) atoms. The summed E-state index contributed by atoms with van der Waals surface area (Å²) in [5.41, 5.74) is 2.28. The molecule has 0 aliphatic carbocycles. The molecule has 0 unspecified atom stereocenters. The van der Waals surface area contributed by atoms with Gasteiger partial charge < -0.3 is 43.6 Å². The van der Waals surface area contributed by atoms with Gasteiger partial charge in [0.2, 0.25) is 11.8 Å². The van der Waals surface area contributed by atoms with Gasteiger partial charge in [-0.2, -0.15) is 4.57 Å². The fourth-order valence-corrected chi connectivity index (χ4v) is 8.10. The van der Waals surface area contributed by atoms with Gasteiger partial charge in [-0.25, -0.2) is 8.78 Å². The van der Waals surface area contributed by atoms with E-state index in [0.29, 0.717) is 63.1 Å². The number of aromatic nitrogens is 1. The molecule has 2 aromatic carbocycles. The van der Waals surface area contributed by atoms with Crippen LogP contribution in [0.3, 0.4) is 0 Å². The lowest BCUT2D eigenvalue weighted by Crippen LogP contribution is -3.00. The van der Waals surface area contributed by atoms with Gasteiger partial charge in [-0.1, -0.05) is 52.0 Å². The minimum absolute atomic E-state index is 0. The Labute approximate surface area is 348 Å². The number of carbonyl (C=O) groups excluding carboxylic acids is 4. The van der Waals surface area contributed by atoms with Crippen molar-refractivity contribution in [3.05, 3.63) is 101 Å². The Morgan fingerprint density at radius 3 is 1.48 bits per heavy atom. The minimum atomic E-state index is -0.698. The van der Waals surface area contributed by atoms with Crippen LogP contribution in [-0.4, -0.2) is 94.6 Å². The number of aryl methyl sites for hydroxylation is 3. The topological polar surface area (TPSA) is 85.1 Å². The third kappa shape index (κ3) is 11.3. The average molecular weight is 886 g/mol. The smallest absolute Gasteiger partial charge is 0.319 e. The largest absolute Gasteiger partial charge is 1.00 e.